The van der Waals surface area contributed by atoms with Gasteiger partial charge in [0.1, 0.15) is 0 Å². The van der Waals surface area contributed by atoms with Crippen molar-refractivity contribution in [3.63, 3.8) is 0 Å². The maximum Gasteiger partial charge on any atom is 0.0615 e. The highest BCUT2D eigenvalue weighted by Crippen LogP contribution is 2.27. The van der Waals surface area contributed by atoms with Gasteiger partial charge < -0.3 is 10.1 Å². The molecule has 0 saturated heterocycles. The maximum absolute atomic E-state index is 5.24. The molecule has 1 unspecified atom stereocenters. The van der Waals surface area contributed by atoms with Gasteiger partial charge in [-0.15, -0.1) is 0 Å². The summed E-state index contributed by atoms with van der Waals surface area (Å²) < 4.78 is 5.24. The van der Waals surface area contributed by atoms with E-state index in [4.69, 9.17) is 4.74 Å². The first-order valence-electron chi connectivity index (χ1n) is 6.09. The number of likely N-dealkylation sites (N-methyl/N-ethyl adjacent to an activating group) is 1. The Morgan fingerprint density at radius 2 is 2.00 bits per heavy atom. The van der Waals surface area contributed by atoms with Gasteiger partial charge in [-0.2, -0.15) is 0 Å². The van der Waals surface area contributed by atoms with Crippen molar-refractivity contribution in [3.8, 4) is 0 Å². The molecule has 84 valence electrons. The first-order valence-corrected chi connectivity index (χ1v) is 6.09. The number of hydrogen-bond donors (Lipinski definition) is 1. The number of nitrogens with one attached hydrogen (secondary N) is 1. The molecule has 1 aliphatic rings. The van der Waals surface area contributed by atoms with E-state index < -0.39 is 0 Å². The third-order valence-electron chi connectivity index (χ3n) is 3.20. The molecule has 0 radical (unpaired) electrons. The van der Waals surface area contributed by atoms with Crippen LogP contribution in [0.15, 0.2) is 0 Å². The van der Waals surface area contributed by atoms with Gasteiger partial charge >= 0.3 is 0 Å². The van der Waals surface area contributed by atoms with Crippen molar-refractivity contribution in [2.24, 2.45) is 5.92 Å². The lowest BCUT2D eigenvalue weighted by Gasteiger charge is -2.26. The molecule has 0 aromatic rings. The quantitative estimate of drug-likeness (QED) is 0.710. The summed E-state index contributed by atoms with van der Waals surface area (Å²) in [5.41, 5.74) is 0. The molecule has 2 heteroatoms. The smallest absolute Gasteiger partial charge is 0.0615 e. The van der Waals surface area contributed by atoms with Crippen LogP contribution in [0.4, 0.5) is 0 Å². The second-order valence-corrected chi connectivity index (χ2v) is 4.45. The number of methoxy groups -OCH3 is 1. The molecular formula is C12H25NO. The average Bonchev–Trinajstić information content (AvgIpc) is 2.20. The molecule has 0 amide bonds. The van der Waals surface area contributed by atoms with Crippen LogP contribution in [-0.4, -0.2) is 26.3 Å². The van der Waals surface area contributed by atoms with Crippen LogP contribution in [0, 0.1) is 5.92 Å². The average molecular weight is 199 g/mol. The summed E-state index contributed by atoms with van der Waals surface area (Å²) in [4.78, 5) is 0. The van der Waals surface area contributed by atoms with Gasteiger partial charge in [-0.3, -0.25) is 0 Å². The lowest BCUT2D eigenvalue weighted by molar-refractivity contribution is 0.149. The predicted octanol–water partition coefficient (Wildman–Crippen LogP) is 2.58. The van der Waals surface area contributed by atoms with Crippen LogP contribution in [0.5, 0.6) is 0 Å². The first kappa shape index (κ1) is 12.0. The minimum atomic E-state index is 0.577. The van der Waals surface area contributed by atoms with Gasteiger partial charge in [-0.25, -0.2) is 0 Å². The Balaban J connectivity index is 2.21. The molecule has 2 nitrogen and oxygen atoms in total. The molecule has 1 aliphatic carbocycles. The monoisotopic (exact) mass is 199 g/mol. The summed E-state index contributed by atoms with van der Waals surface area (Å²) in [5, 5.41) is 3.51. The zero-order valence-electron chi connectivity index (χ0n) is 9.72. The summed E-state index contributed by atoms with van der Waals surface area (Å²) in [6.45, 7) is 4.09. The van der Waals surface area contributed by atoms with E-state index in [-0.39, 0.29) is 0 Å². The highest BCUT2D eigenvalue weighted by molar-refractivity contribution is 4.74. The van der Waals surface area contributed by atoms with Crippen molar-refractivity contribution in [2.75, 3.05) is 20.3 Å². The Kier molecular flexibility index (Phi) is 6.20. The minimum Gasteiger partial charge on any atom is -0.383 e. The lowest BCUT2D eigenvalue weighted by Crippen LogP contribution is -2.35. The Hall–Kier alpha value is -0.0800. The van der Waals surface area contributed by atoms with Crippen LogP contribution < -0.4 is 5.32 Å². The molecule has 1 rings (SSSR count). The fourth-order valence-corrected chi connectivity index (χ4v) is 2.53. The summed E-state index contributed by atoms with van der Waals surface area (Å²) in [7, 11) is 1.80. The molecule has 1 atom stereocenters. The molecule has 0 aromatic heterocycles. The molecule has 1 N–H and O–H groups in total. The van der Waals surface area contributed by atoms with E-state index in [0.717, 1.165) is 19.1 Å². The molecule has 1 fully saturated rings. The van der Waals surface area contributed by atoms with Crippen LogP contribution in [0.1, 0.15) is 45.4 Å². The molecular weight excluding hydrogens is 174 g/mol. The Morgan fingerprint density at radius 3 is 2.57 bits per heavy atom. The number of rotatable bonds is 6. The van der Waals surface area contributed by atoms with E-state index in [0.29, 0.717) is 6.04 Å². The Bertz CT molecular complexity index is 126. The molecule has 0 aliphatic heterocycles. The van der Waals surface area contributed by atoms with Crippen molar-refractivity contribution < 1.29 is 4.74 Å². The van der Waals surface area contributed by atoms with E-state index in [1.165, 1.54) is 38.5 Å². The van der Waals surface area contributed by atoms with Crippen LogP contribution in [-0.2, 0) is 4.74 Å². The zero-order chi connectivity index (χ0) is 10.2. The second kappa shape index (κ2) is 7.24. The number of hydrogen-bond acceptors (Lipinski definition) is 2. The van der Waals surface area contributed by atoms with E-state index >= 15 is 0 Å². The normalized spacial score (nSPS) is 21.0. The van der Waals surface area contributed by atoms with Crippen molar-refractivity contribution in [1.82, 2.24) is 5.32 Å². The third kappa shape index (κ3) is 4.43. The third-order valence-corrected chi connectivity index (χ3v) is 3.20. The van der Waals surface area contributed by atoms with Gasteiger partial charge in [-0.1, -0.05) is 39.0 Å². The molecule has 0 aromatic carbocycles. The first-order chi connectivity index (χ1) is 6.86. The van der Waals surface area contributed by atoms with Crippen LogP contribution >= 0.6 is 0 Å². The highest BCUT2D eigenvalue weighted by Gasteiger charge is 2.18. The molecule has 0 heterocycles. The van der Waals surface area contributed by atoms with Crippen LogP contribution in [0.2, 0.25) is 0 Å². The second-order valence-electron chi connectivity index (χ2n) is 4.45. The van der Waals surface area contributed by atoms with E-state index in [1.54, 1.807) is 7.11 Å². The van der Waals surface area contributed by atoms with Crippen molar-refractivity contribution in [1.29, 1.82) is 0 Å². The lowest BCUT2D eigenvalue weighted by atomic mass is 9.85. The van der Waals surface area contributed by atoms with E-state index in [9.17, 15) is 0 Å². The van der Waals surface area contributed by atoms with Gasteiger partial charge in [0.25, 0.3) is 0 Å². The molecule has 0 spiro atoms. The summed E-state index contributed by atoms with van der Waals surface area (Å²) in [6.07, 6.45) is 8.51. The summed E-state index contributed by atoms with van der Waals surface area (Å²) in [5.74, 6) is 0.947. The van der Waals surface area contributed by atoms with Crippen molar-refractivity contribution in [2.45, 2.75) is 51.5 Å². The van der Waals surface area contributed by atoms with Crippen LogP contribution in [0.3, 0.4) is 0 Å². The van der Waals surface area contributed by atoms with Crippen molar-refractivity contribution >= 4 is 0 Å². The van der Waals surface area contributed by atoms with Gasteiger partial charge in [-0.05, 0) is 18.9 Å². The molecule has 1 saturated carbocycles. The Labute approximate surface area is 88.4 Å². The predicted molar refractivity (Wildman–Crippen MR) is 60.5 cm³/mol. The number of ether oxygens (including phenoxy) is 1. The molecule has 14 heavy (non-hydrogen) atoms. The fourth-order valence-electron chi connectivity index (χ4n) is 2.53. The summed E-state index contributed by atoms with van der Waals surface area (Å²) >= 11 is 0. The Morgan fingerprint density at radius 1 is 1.29 bits per heavy atom. The topological polar surface area (TPSA) is 21.3 Å². The van der Waals surface area contributed by atoms with Gasteiger partial charge in [0.05, 0.1) is 6.61 Å². The fraction of sp³-hybridized carbons (Fsp3) is 1.00. The van der Waals surface area contributed by atoms with E-state index in [1.807, 2.05) is 0 Å². The maximum atomic E-state index is 5.24. The minimum absolute atomic E-state index is 0.577. The van der Waals surface area contributed by atoms with Crippen molar-refractivity contribution in [3.05, 3.63) is 0 Å². The van der Waals surface area contributed by atoms with E-state index in [2.05, 4.69) is 12.2 Å². The summed E-state index contributed by atoms with van der Waals surface area (Å²) in [6, 6.07) is 0.577. The van der Waals surface area contributed by atoms with Crippen LogP contribution in [0.25, 0.3) is 0 Å². The largest absolute Gasteiger partial charge is 0.383 e. The SMILES string of the molecule is CCNC(COC)CC1CCCCC1. The standard InChI is InChI=1S/C12H25NO/c1-3-13-12(10-14-2)9-11-7-5-4-6-8-11/h11-13H,3-10H2,1-2H3. The molecule has 0 bridgehead atoms. The zero-order valence-corrected chi connectivity index (χ0v) is 9.72. The van der Waals surface area contributed by atoms with Gasteiger partial charge in [0, 0.05) is 13.2 Å². The van der Waals surface area contributed by atoms with Gasteiger partial charge in [0.2, 0.25) is 0 Å². The van der Waals surface area contributed by atoms with Gasteiger partial charge in [0.15, 0.2) is 0 Å². The highest BCUT2D eigenvalue weighted by atomic mass is 16.5.